The van der Waals surface area contributed by atoms with Gasteiger partial charge in [0.1, 0.15) is 6.33 Å². The number of nitro groups is 1. The summed E-state index contributed by atoms with van der Waals surface area (Å²) in [5, 5.41) is 11.0. The second kappa shape index (κ2) is 6.65. The lowest BCUT2D eigenvalue weighted by atomic mass is 10.3. The molecule has 0 aromatic carbocycles. The SMILES string of the molecule is CCCCCSc1ncnc(Cl)c1[N+](=O)[O-]. The molecule has 0 radical (unpaired) electrons. The first-order valence-electron chi connectivity index (χ1n) is 4.94. The van der Waals surface area contributed by atoms with Crippen molar-refractivity contribution in [3.63, 3.8) is 0 Å². The summed E-state index contributed by atoms with van der Waals surface area (Å²) in [4.78, 5) is 17.7. The van der Waals surface area contributed by atoms with Crippen LogP contribution in [0.1, 0.15) is 26.2 Å². The highest BCUT2D eigenvalue weighted by Gasteiger charge is 2.21. The molecule has 0 saturated carbocycles. The van der Waals surface area contributed by atoms with Gasteiger partial charge in [0.15, 0.2) is 5.03 Å². The van der Waals surface area contributed by atoms with E-state index in [4.69, 9.17) is 11.6 Å². The van der Waals surface area contributed by atoms with Crippen molar-refractivity contribution in [3.8, 4) is 0 Å². The molecule has 0 aliphatic rings. The molecule has 0 amide bonds. The zero-order valence-electron chi connectivity index (χ0n) is 8.85. The third-order valence-electron chi connectivity index (χ3n) is 1.91. The van der Waals surface area contributed by atoms with Crippen molar-refractivity contribution < 1.29 is 4.92 Å². The Morgan fingerprint density at radius 1 is 1.50 bits per heavy atom. The highest BCUT2D eigenvalue weighted by molar-refractivity contribution is 7.99. The molecular formula is C9H12ClN3O2S. The van der Waals surface area contributed by atoms with Gasteiger partial charge < -0.3 is 0 Å². The molecule has 1 rings (SSSR count). The first-order chi connectivity index (χ1) is 7.66. The minimum absolute atomic E-state index is 0.0991. The third-order valence-corrected chi connectivity index (χ3v) is 3.25. The summed E-state index contributed by atoms with van der Waals surface area (Å²) in [6.07, 6.45) is 4.49. The molecule has 0 aliphatic heterocycles. The number of hydrogen-bond donors (Lipinski definition) is 0. The maximum Gasteiger partial charge on any atom is 0.338 e. The van der Waals surface area contributed by atoms with Crippen LogP contribution in [0.3, 0.4) is 0 Å². The van der Waals surface area contributed by atoms with Crippen LogP contribution in [0, 0.1) is 10.1 Å². The molecule has 0 atom stereocenters. The van der Waals surface area contributed by atoms with Gasteiger partial charge in [-0.15, -0.1) is 0 Å². The molecule has 1 heterocycles. The molecule has 16 heavy (non-hydrogen) atoms. The molecule has 0 bridgehead atoms. The monoisotopic (exact) mass is 261 g/mol. The maximum atomic E-state index is 10.8. The van der Waals surface area contributed by atoms with Crippen LogP contribution in [0.4, 0.5) is 5.69 Å². The van der Waals surface area contributed by atoms with E-state index in [1.54, 1.807) is 0 Å². The topological polar surface area (TPSA) is 68.9 Å². The van der Waals surface area contributed by atoms with Crippen molar-refractivity contribution in [2.24, 2.45) is 0 Å². The van der Waals surface area contributed by atoms with E-state index in [1.807, 2.05) is 0 Å². The van der Waals surface area contributed by atoms with E-state index < -0.39 is 4.92 Å². The Morgan fingerprint density at radius 2 is 2.25 bits per heavy atom. The molecule has 7 heteroatoms. The van der Waals surface area contributed by atoms with Gasteiger partial charge in [0, 0.05) is 0 Å². The van der Waals surface area contributed by atoms with E-state index >= 15 is 0 Å². The minimum atomic E-state index is -0.537. The van der Waals surface area contributed by atoms with E-state index in [1.165, 1.54) is 18.1 Å². The number of nitrogens with zero attached hydrogens (tertiary/aromatic N) is 3. The van der Waals surface area contributed by atoms with Gasteiger partial charge in [-0.25, -0.2) is 9.97 Å². The van der Waals surface area contributed by atoms with Crippen LogP contribution in [-0.2, 0) is 0 Å². The number of halogens is 1. The average Bonchev–Trinajstić information content (AvgIpc) is 2.24. The summed E-state index contributed by atoms with van der Waals surface area (Å²) in [5.41, 5.74) is -0.189. The molecular weight excluding hydrogens is 250 g/mol. The van der Waals surface area contributed by atoms with E-state index in [-0.39, 0.29) is 10.8 Å². The number of thioether (sulfide) groups is 1. The lowest BCUT2D eigenvalue weighted by Gasteiger charge is -2.01. The fraction of sp³-hybridized carbons (Fsp3) is 0.556. The van der Waals surface area contributed by atoms with Gasteiger partial charge in [-0.1, -0.05) is 43.1 Å². The number of rotatable bonds is 6. The van der Waals surface area contributed by atoms with Crippen molar-refractivity contribution in [1.29, 1.82) is 0 Å². The number of aromatic nitrogens is 2. The molecule has 0 N–H and O–H groups in total. The summed E-state index contributed by atoms with van der Waals surface area (Å²) < 4.78 is 0. The van der Waals surface area contributed by atoms with E-state index in [2.05, 4.69) is 16.9 Å². The highest BCUT2D eigenvalue weighted by atomic mass is 35.5. The minimum Gasteiger partial charge on any atom is -0.258 e. The van der Waals surface area contributed by atoms with Gasteiger partial charge in [-0.2, -0.15) is 0 Å². The Labute approximate surface area is 103 Å². The Morgan fingerprint density at radius 3 is 2.88 bits per heavy atom. The molecule has 0 unspecified atom stereocenters. The molecule has 1 aromatic heterocycles. The molecule has 88 valence electrons. The van der Waals surface area contributed by atoms with Crippen LogP contribution >= 0.6 is 23.4 Å². The highest BCUT2D eigenvalue weighted by Crippen LogP contribution is 2.32. The average molecular weight is 262 g/mol. The predicted octanol–water partition coefficient (Wildman–Crippen LogP) is 3.32. The standard InChI is InChI=1S/C9H12ClN3O2S/c1-2-3-4-5-16-9-7(13(14)15)8(10)11-6-12-9/h6H,2-5H2,1H3. The summed E-state index contributed by atoms with van der Waals surface area (Å²) in [7, 11) is 0. The van der Waals surface area contributed by atoms with Gasteiger partial charge in [0.05, 0.1) is 4.92 Å². The lowest BCUT2D eigenvalue weighted by Crippen LogP contribution is -1.97. The van der Waals surface area contributed by atoms with Crippen LogP contribution in [0.25, 0.3) is 0 Å². The predicted molar refractivity (Wildman–Crippen MR) is 63.9 cm³/mol. The van der Waals surface area contributed by atoms with Crippen LogP contribution in [0.15, 0.2) is 11.4 Å². The zero-order chi connectivity index (χ0) is 12.0. The smallest absolute Gasteiger partial charge is 0.258 e. The Balaban J connectivity index is 2.71. The zero-order valence-corrected chi connectivity index (χ0v) is 10.4. The van der Waals surface area contributed by atoms with Gasteiger partial charge in [-0.05, 0) is 12.2 Å². The van der Waals surface area contributed by atoms with Gasteiger partial charge in [-0.3, -0.25) is 10.1 Å². The van der Waals surface area contributed by atoms with Crippen molar-refractivity contribution in [1.82, 2.24) is 9.97 Å². The van der Waals surface area contributed by atoms with Crippen LogP contribution in [-0.4, -0.2) is 20.6 Å². The Kier molecular flexibility index (Phi) is 5.48. The van der Waals surface area contributed by atoms with Crippen molar-refractivity contribution in [2.75, 3.05) is 5.75 Å². The Hall–Kier alpha value is -0.880. The first kappa shape index (κ1) is 13.2. The number of hydrogen-bond acceptors (Lipinski definition) is 5. The molecule has 5 nitrogen and oxygen atoms in total. The van der Waals surface area contributed by atoms with E-state index in [0.717, 1.165) is 25.0 Å². The van der Waals surface area contributed by atoms with E-state index in [9.17, 15) is 10.1 Å². The van der Waals surface area contributed by atoms with Crippen LogP contribution in [0.5, 0.6) is 0 Å². The largest absolute Gasteiger partial charge is 0.338 e. The maximum absolute atomic E-state index is 10.8. The van der Waals surface area contributed by atoms with E-state index in [0.29, 0.717) is 5.03 Å². The van der Waals surface area contributed by atoms with Gasteiger partial charge in [0.2, 0.25) is 5.15 Å². The fourth-order valence-corrected chi connectivity index (χ4v) is 2.35. The first-order valence-corrected chi connectivity index (χ1v) is 6.30. The molecule has 0 fully saturated rings. The summed E-state index contributed by atoms with van der Waals surface area (Å²) in [6, 6.07) is 0. The summed E-state index contributed by atoms with van der Waals surface area (Å²) >= 11 is 7.01. The lowest BCUT2D eigenvalue weighted by molar-refractivity contribution is -0.388. The van der Waals surface area contributed by atoms with Crippen LogP contribution < -0.4 is 0 Å². The second-order valence-electron chi connectivity index (χ2n) is 3.13. The summed E-state index contributed by atoms with van der Waals surface area (Å²) in [5.74, 6) is 0.808. The van der Waals surface area contributed by atoms with Gasteiger partial charge >= 0.3 is 5.69 Å². The van der Waals surface area contributed by atoms with Crippen molar-refractivity contribution in [3.05, 3.63) is 21.6 Å². The molecule has 0 spiro atoms. The molecule has 0 saturated heterocycles. The fourth-order valence-electron chi connectivity index (χ4n) is 1.12. The van der Waals surface area contributed by atoms with Crippen molar-refractivity contribution >= 4 is 29.1 Å². The third kappa shape index (κ3) is 3.61. The Bertz CT molecular complexity index is 376. The van der Waals surface area contributed by atoms with Crippen molar-refractivity contribution in [2.45, 2.75) is 31.2 Å². The normalized spacial score (nSPS) is 10.4. The quantitative estimate of drug-likeness (QED) is 0.258. The second-order valence-corrected chi connectivity index (χ2v) is 4.57. The molecule has 1 aromatic rings. The van der Waals surface area contributed by atoms with Gasteiger partial charge in [0.25, 0.3) is 0 Å². The van der Waals surface area contributed by atoms with Crippen LogP contribution in [0.2, 0.25) is 5.15 Å². The summed E-state index contributed by atoms with van der Waals surface area (Å²) in [6.45, 7) is 2.11. The number of unbranched alkanes of at least 4 members (excludes halogenated alkanes) is 2. The molecule has 0 aliphatic carbocycles.